The Hall–Kier alpha value is -4.74. The first kappa shape index (κ1) is 32.6. The van der Waals surface area contributed by atoms with E-state index in [0.29, 0.717) is 22.4 Å². The zero-order chi connectivity index (χ0) is 33.2. The van der Waals surface area contributed by atoms with E-state index in [1.165, 1.54) is 36.4 Å². The summed E-state index contributed by atoms with van der Waals surface area (Å²) in [6.07, 6.45) is -6.30. The first-order chi connectivity index (χ1) is 21.8. The number of nitrogens with zero attached hydrogens (tertiary/aromatic N) is 2. The minimum atomic E-state index is -4.87. The molecule has 0 aliphatic rings. The maximum absolute atomic E-state index is 14.4. The predicted octanol–water partition coefficient (Wildman–Crippen LogP) is 7.88. The minimum Gasteiger partial charge on any atom is -0.406 e. The number of aliphatic hydroxyl groups excluding tert-OH is 1. The maximum Gasteiger partial charge on any atom is 0.573 e. The van der Waals surface area contributed by atoms with Crippen molar-refractivity contribution in [1.29, 1.82) is 0 Å². The van der Waals surface area contributed by atoms with Crippen molar-refractivity contribution in [3.05, 3.63) is 131 Å². The topological polar surface area (TPSA) is 96.8 Å². The zero-order valence-corrected chi connectivity index (χ0v) is 26.0. The van der Waals surface area contributed by atoms with E-state index < -0.39 is 34.0 Å². The van der Waals surface area contributed by atoms with Gasteiger partial charge in [-0.05, 0) is 65.8 Å². The largest absolute Gasteiger partial charge is 0.573 e. The van der Waals surface area contributed by atoms with Crippen molar-refractivity contribution in [3.63, 3.8) is 0 Å². The Morgan fingerprint density at radius 1 is 0.870 bits per heavy atom. The Morgan fingerprint density at radius 3 is 2.04 bits per heavy atom. The number of ketones is 1. The van der Waals surface area contributed by atoms with Crippen LogP contribution in [-0.2, 0) is 16.6 Å². The smallest absolute Gasteiger partial charge is 0.406 e. The number of aliphatic hydroxyl groups is 1. The fraction of sp³-hybridized carbons (Fsp3) is 0.200. The molecule has 0 saturated carbocycles. The lowest BCUT2D eigenvalue weighted by atomic mass is 9.99. The van der Waals surface area contributed by atoms with Gasteiger partial charge in [-0.15, -0.1) is 13.2 Å². The number of carbonyl (C=O) groups is 1. The second kappa shape index (κ2) is 12.9. The molecule has 0 saturated heterocycles. The number of rotatable bonds is 10. The van der Waals surface area contributed by atoms with Gasteiger partial charge < -0.3 is 9.84 Å². The van der Waals surface area contributed by atoms with Gasteiger partial charge in [0, 0.05) is 16.5 Å². The van der Waals surface area contributed by atoms with Crippen LogP contribution in [0.3, 0.4) is 0 Å². The number of alkyl halides is 3. The van der Waals surface area contributed by atoms with Gasteiger partial charge in [0.05, 0.1) is 17.1 Å². The van der Waals surface area contributed by atoms with E-state index in [1.807, 2.05) is 38.1 Å². The molecule has 1 atom stereocenters. The van der Waals surface area contributed by atoms with Crippen LogP contribution in [0.4, 0.5) is 19.0 Å². The Morgan fingerprint density at radius 2 is 1.46 bits per heavy atom. The molecule has 1 aromatic heterocycles. The molecule has 238 valence electrons. The number of Topliss-reactive ketones (excluding diaryl/α,β-unsaturated/α-hetero) is 1. The van der Waals surface area contributed by atoms with Gasteiger partial charge in [-0.1, -0.05) is 80.6 Å². The summed E-state index contributed by atoms with van der Waals surface area (Å²) in [5.74, 6) is -0.931. The van der Waals surface area contributed by atoms with Crippen molar-refractivity contribution in [2.24, 2.45) is 0 Å². The minimum absolute atomic E-state index is 0.0612. The Kier molecular flexibility index (Phi) is 9.18. The van der Waals surface area contributed by atoms with Crippen LogP contribution in [0.15, 0.2) is 108 Å². The van der Waals surface area contributed by atoms with E-state index in [0.717, 1.165) is 27.2 Å². The number of pyridine rings is 1. The summed E-state index contributed by atoms with van der Waals surface area (Å²) in [4.78, 5) is 17.7. The zero-order valence-electron chi connectivity index (χ0n) is 25.2. The van der Waals surface area contributed by atoms with Gasteiger partial charge in [0.2, 0.25) is 0 Å². The number of aromatic nitrogens is 1. The highest BCUT2D eigenvalue weighted by Gasteiger charge is 2.32. The number of anilines is 1. The van der Waals surface area contributed by atoms with Crippen molar-refractivity contribution in [3.8, 4) is 5.75 Å². The molecule has 5 aromatic rings. The van der Waals surface area contributed by atoms with Crippen LogP contribution in [0.2, 0.25) is 0 Å². The highest BCUT2D eigenvalue weighted by atomic mass is 32.2. The number of carbonyl (C=O) groups excluding carboxylic acids is 1. The lowest BCUT2D eigenvalue weighted by Crippen LogP contribution is -2.32. The SMILES string of the molecule is Cc1c(N(Cc2ccc(OC(F)(F)F)cc2)S(=O)(=O)c2ccc(C(=O)C(O)c3ccccc3)cc2)nc(C(C)C)c2ccccc12. The summed E-state index contributed by atoms with van der Waals surface area (Å²) >= 11 is 0. The predicted molar refractivity (Wildman–Crippen MR) is 169 cm³/mol. The summed E-state index contributed by atoms with van der Waals surface area (Å²) < 4.78 is 72.1. The molecule has 46 heavy (non-hydrogen) atoms. The molecule has 0 radical (unpaired) electrons. The first-order valence-electron chi connectivity index (χ1n) is 14.4. The van der Waals surface area contributed by atoms with E-state index >= 15 is 0 Å². The van der Waals surface area contributed by atoms with Gasteiger partial charge in [-0.25, -0.2) is 17.7 Å². The third-order valence-electron chi connectivity index (χ3n) is 7.53. The van der Waals surface area contributed by atoms with Crippen molar-refractivity contribution in [2.75, 3.05) is 4.31 Å². The van der Waals surface area contributed by atoms with E-state index in [2.05, 4.69) is 4.74 Å². The third-order valence-corrected chi connectivity index (χ3v) is 9.28. The summed E-state index contributed by atoms with van der Waals surface area (Å²) in [7, 11) is -4.35. The molecule has 0 bridgehead atoms. The number of hydrogen-bond donors (Lipinski definition) is 1. The number of ether oxygens (including phenoxy) is 1. The average molecular weight is 649 g/mol. The van der Waals surface area contributed by atoms with Crippen molar-refractivity contribution in [1.82, 2.24) is 4.98 Å². The molecule has 0 aliphatic carbocycles. The molecule has 11 heteroatoms. The molecule has 1 unspecified atom stereocenters. The van der Waals surface area contributed by atoms with Gasteiger partial charge in [0.15, 0.2) is 5.78 Å². The molecular weight excluding hydrogens is 617 g/mol. The number of fused-ring (bicyclic) bond motifs is 1. The second-order valence-corrected chi connectivity index (χ2v) is 12.9. The van der Waals surface area contributed by atoms with Gasteiger partial charge in [-0.2, -0.15) is 0 Å². The van der Waals surface area contributed by atoms with E-state index in [1.54, 1.807) is 37.3 Å². The van der Waals surface area contributed by atoms with Crippen LogP contribution in [-0.4, -0.2) is 30.7 Å². The second-order valence-electron chi connectivity index (χ2n) is 11.1. The first-order valence-corrected chi connectivity index (χ1v) is 15.8. The molecule has 0 amide bonds. The number of hydrogen-bond acceptors (Lipinski definition) is 6. The standard InChI is InChI=1S/C35H31F3N2O5S/c1-22(2)31-30-12-8-7-11-29(30)23(3)34(39-31)40(21-24-13-17-27(18-14-24)45-35(36,37)38)46(43,44)28-19-15-26(16-20-28)33(42)32(41)25-9-5-4-6-10-25/h4-20,22,32,41H,21H2,1-3H3. The molecule has 0 fully saturated rings. The summed E-state index contributed by atoms with van der Waals surface area (Å²) in [5, 5.41) is 12.3. The third kappa shape index (κ3) is 6.90. The molecule has 1 N–H and O–H groups in total. The number of benzene rings is 4. The Labute approximate surface area is 265 Å². The summed E-state index contributed by atoms with van der Waals surface area (Å²) in [5.41, 5.74) is 2.18. The normalized spacial score (nSPS) is 12.7. The lowest BCUT2D eigenvalue weighted by Gasteiger charge is -2.27. The van der Waals surface area contributed by atoms with Gasteiger partial charge in [0.25, 0.3) is 10.0 Å². The van der Waals surface area contributed by atoms with E-state index in [9.17, 15) is 31.5 Å². The number of halogens is 3. The Bertz CT molecular complexity index is 1960. The van der Waals surface area contributed by atoms with Crippen LogP contribution in [0.1, 0.15) is 58.6 Å². The van der Waals surface area contributed by atoms with Crippen molar-refractivity contribution >= 4 is 32.4 Å². The Balaban J connectivity index is 1.58. The highest BCUT2D eigenvalue weighted by molar-refractivity contribution is 7.92. The van der Waals surface area contributed by atoms with Crippen molar-refractivity contribution < 1.29 is 36.2 Å². The number of aryl methyl sites for hydroxylation is 1. The van der Waals surface area contributed by atoms with Crippen LogP contribution in [0.25, 0.3) is 10.8 Å². The summed E-state index contributed by atoms with van der Waals surface area (Å²) in [6, 6.07) is 26.1. The molecular formula is C35H31F3N2O5S. The van der Waals surface area contributed by atoms with Crippen LogP contribution >= 0.6 is 0 Å². The fourth-order valence-corrected chi connectivity index (χ4v) is 6.65. The molecule has 5 rings (SSSR count). The van der Waals surface area contributed by atoms with E-state index in [4.69, 9.17) is 4.98 Å². The quantitative estimate of drug-likeness (QED) is 0.155. The van der Waals surface area contributed by atoms with Crippen molar-refractivity contribution in [2.45, 2.75) is 50.6 Å². The number of sulfonamides is 1. The van der Waals surface area contributed by atoms with Crippen LogP contribution in [0, 0.1) is 6.92 Å². The van der Waals surface area contributed by atoms with Gasteiger partial charge >= 0.3 is 6.36 Å². The maximum atomic E-state index is 14.4. The van der Waals surface area contributed by atoms with E-state index in [-0.39, 0.29) is 28.7 Å². The average Bonchev–Trinajstić information content (AvgIpc) is 3.04. The molecule has 0 spiro atoms. The van der Waals surface area contributed by atoms with Crippen LogP contribution < -0.4 is 9.04 Å². The molecule has 4 aromatic carbocycles. The van der Waals surface area contributed by atoms with Gasteiger partial charge in [0.1, 0.15) is 17.7 Å². The molecule has 0 aliphatic heterocycles. The summed E-state index contributed by atoms with van der Waals surface area (Å²) in [6.45, 7) is 5.41. The molecule has 1 heterocycles. The highest BCUT2D eigenvalue weighted by Crippen LogP contribution is 2.36. The van der Waals surface area contributed by atoms with Gasteiger partial charge in [-0.3, -0.25) is 4.79 Å². The van der Waals surface area contributed by atoms with Crippen LogP contribution in [0.5, 0.6) is 5.75 Å². The monoisotopic (exact) mass is 648 g/mol. The molecule has 7 nitrogen and oxygen atoms in total. The fourth-order valence-electron chi connectivity index (χ4n) is 5.19. The lowest BCUT2D eigenvalue weighted by molar-refractivity contribution is -0.274.